The van der Waals surface area contributed by atoms with Crippen molar-refractivity contribution in [3.05, 3.63) is 29.8 Å². The molecule has 0 radical (unpaired) electrons. The third kappa shape index (κ3) is 4.27. The number of nitrogens with zero attached hydrogens (tertiary/aromatic N) is 3. The number of methoxy groups -OCH3 is 1. The third-order valence-electron chi connectivity index (χ3n) is 3.43. The van der Waals surface area contributed by atoms with Gasteiger partial charge < -0.3 is 9.47 Å². The predicted octanol–water partition coefficient (Wildman–Crippen LogP) is 1.74. The van der Waals surface area contributed by atoms with E-state index in [4.69, 9.17) is 21.3 Å². The Morgan fingerprint density at radius 2 is 1.95 bits per heavy atom. The first-order chi connectivity index (χ1) is 10.6. The molecule has 1 aliphatic rings. The molecular formula is C14H23N4O2PS. The number of benzene rings is 1. The normalized spacial score (nSPS) is 19.3. The molecule has 6 nitrogen and oxygen atoms in total. The van der Waals surface area contributed by atoms with Crippen LogP contribution < -0.4 is 9.93 Å². The maximum atomic E-state index is 5.86. The fraction of sp³-hybridized carbons (Fsp3) is 0.500. The topological polar surface area (TPSA) is 49.3 Å². The van der Waals surface area contributed by atoms with E-state index in [2.05, 4.69) is 19.6 Å². The fourth-order valence-corrected chi connectivity index (χ4v) is 4.46. The van der Waals surface area contributed by atoms with Crippen molar-refractivity contribution in [2.24, 2.45) is 5.10 Å². The molecule has 1 heterocycles. The van der Waals surface area contributed by atoms with E-state index in [-0.39, 0.29) is 0 Å². The van der Waals surface area contributed by atoms with Gasteiger partial charge in [-0.1, -0.05) is 0 Å². The lowest BCUT2D eigenvalue weighted by molar-refractivity contribution is 0.0722. The number of nitrogens with one attached hydrogen (secondary N) is 1. The van der Waals surface area contributed by atoms with Gasteiger partial charge >= 0.3 is 0 Å². The molecule has 1 unspecified atom stereocenters. The Morgan fingerprint density at radius 1 is 1.32 bits per heavy atom. The van der Waals surface area contributed by atoms with Gasteiger partial charge in [-0.25, -0.2) is 4.67 Å². The highest BCUT2D eigenvalue weighted by atomic mass is 32.4. The van der Waals surface area contributed by atoms with Crippen LogP contribution in [-0.4, -0.2) is 63.1 Å². The zero-order chi connectivity index (χ0) is 16.0. The lowest BCUT2D eigenvalue weighted by Gasteiger charge is -2.40. The van der Waals surface area contributed by atoms with Crippen molar-refractivity contribution in [3.63, 3.8) is 0 Å². The van der Waals surface area contributed by atoms with Crippen LogP contribution in [0, 0.1) is 0 Å². The number of hydrazone groups is 1. The molecule has 0 spiro atoms. The van der Waals surface area contributed by atoms with Crippen molar-refractivity contribution in [2.75, 3.05) is 47.5 Å². The van der Waals surface area contributed by atoms with Crippen LogP contribution in [-0.2, 0) is 16.5 Å². The van der Waals surface area contributed by atoms with E-state index in [1.165, 1.54) is 0 Å². The minimum atomic E-state index is -2.07. The van der Waals surface area contributed by atoms with E-state index in [9.17, 15) is 0 Å². The number of morpholine rings is 1. The minimum absolute atomic E-state index is 0.718. The third-order valence-corrected chi connectivity index (χ3v) is 7.98. The van der Waals surface area contributed by atoms with Crippen molar-refractivity contribution in [3.8, 4) is 5.75 Å². The summed E-state index contributed by atoms with van der Waals surface area (Å²) in [7, 11) is 5.64. The van der Waals surface area contributed by atoms with Gasteiger partial charge in [0.05, 0.1) is 26.5 Å². The van der Waals surface area contributed by atoms with E-state index in [1.54, 1.807) is 13.3 Å². The van der Waals surface area contributed by atoms with E-state index < -0.39 is 6.49 Å². The summed E-state index contributed by atoms with van der Waals surface area (Å²) < 4.78 is 14.9. The van der Waals surface area contributed by atoms with E-state index in [0.29, 0.717) is 0 Å². The maximum Gasteiger partial charge on any atom is 0.182 e. The summed E-state index contributed by atoms with van der Waals surface area (Å²) in [6.07, 6.45) is 1.78. The summed E-state index contributed by atoms with van der Waals surface area (Å²) in [6, 6.07) is 7.73. The Hall–Kier alpha value is -0.980. The summed E-state index contributed by atoms with van der Waals surface area (Å²) in [5.74, 6) is 0.830. The molecule has 0 aromatic heterocycles. The minimum Gasteiger partial charge on any atom is -0.497 e. The first kappa shape index (κ1) is 17.4. The highest BCUT2D eigenvalue weighted by Gasteiger charge is 2.29. The number of hydrogen-bond acceptors (Lipinski definition) is 4. The second kappa shape index (κ2) is 8.04. The molecule has 1 atom stereocenters. The van der Waals surface area contributed by atoms with Crippen molar-refractivity contribution in [1.82, 2.24) is 14.5 Å². The summed E-state index contributed by atoms with van der Waals surface area (Å²) in [6.45, 7) is 1.03. The van der Waals surface area contributed by atoms with Crippen molar-refractivity contribution in [2.45, 2.75) is 0 Å². The Kier molecular flexibility index (Phi) is 6.35. The van der Waals surface area contributed by atoms with Crippen LogP contribution in [0.1, 0.15) is 5.56 Å². The highest BCUT2D eigenvalue weighted by Crippen LogP contribution is 2.47. The Balaban J connectivity index is 2.04. The lowest BCUT2D eigenvalue weighted by atomic mass is 10.2. The Morgan fingerprint density at radius 3 is 2.50 bits per heavy atom. The van der Waals surface area contributed by atoms with Crippen LogP contribution in [0.2, 0.25) is 0 Å². The van der Waals surface area contributed by atoms with Crippen LogP contribution in [0.25, 0.3) is 0 Å². The summed E-state index contributed by atoms with van der Waals surface area (Å²) >= 11 is 5.86. The number of hydrogen-bond donors (Lipinski definition) is 1. The molecule has 0 amide bonds. The van der Waals surface area contributed by atoms with E-state index in [1.807, 2.05) is 38.4 Å². The summed E-state index contributed by atoms with van der Waals surface area (Å²) in [4.78, 5) is 0. The molecule has 1 N–H and O–H groups in total. The molecule has 0 aliphatic carbocycles. The van der Waals surface area contributed by atoms with Gasteiger partial charge in [0.25, 0.3) is 0 Å². The van der Waals surface area contributed by atoms with Gasteiger partial charge in [-0.3, -0.25) is 9.87 Å². The van der Waals surface area contributed by atoms with Crippen LogP contribution in [0.15, 0.2) is 29.4 Å². The standard InChI is InChI=1S/C14H23N4O2PS/c1-17(2)21(22,18-8-10-20-11-9-18)16-15-12-13-4-6-14(19-3)7-5-13/h4-7,12H,8-11H2,1-3H3,(H,16,22)/b15-12+. The summed E-state index contributed by atoms with van der Waals surface area (Å²) in [5.41, 5.74) is 0.996. The average molecular weight is 342 g/mol. The van der Waals surface area contributed by atoms with Crippen molar-refractivity contribution >= 4 is 24.5 Å². The van der Waals surface area contributed by atoms with E-state index >= 15 is 0 Å². The van der Waals surface area contributed by atoms with Crippen molar-refractivity contribution < 1.29 is 9.47 Å². The van der Waals surface area contributed by atoms with Crippen molar-refractivity contribution in [1.29, 1.82) is 0 Å². The van der Waals surface area contributed by atoms with Crippen LogP contribution in [0.3, 0.4) is 0 Å². The first-order valence-electron chi connectivity index (χ1n) is 7.11. The predicted molar refractivity (Wildman–Crippen MR) is 94.1 cm³/mol. The molecule has 22 heavy (non-hydrogen) atoms. The van der Waals surface area contributed by atoms with Gasteiger partial charge in [0.15, 0.2) is 6.49 Å². The Labute approximate surface area is 137 Å². The number of rotatable bonds is 6. The largest absolute Gasteiger partial charge is 0.497 e. The van der Waals surface area contributed by atoms with Crippen LogP contribution >= 0.6 is 6.49 Å². The SMILES string of the molecule is COc1ccc(/C=N/NP(=S)(N(C)C)N2CCOCC2)cc1. The second-order valence-electron chi connectivity index (χ2n) is 5.09. The molecule has 1 fully saturated rings. The zero-order valence-corrected chi connectivity index (χ0v) is 14.9. The second-order valence-corrected chi connectivity index (χ2v) is 9.27. The first-order valence-corrected chi connectivity index (χ1v) is 9.82. The van der Waals surface area contributed by atoms with Gasteiger partial charge in [0.1, 0.15) is 5.75 Å². The molecule has 1 aromatic carbocycles. The lowest BCUT2D eigenvalue weighted by Crippen LogP contribution is -2.40. The zero-order valence-electron chi connectivity index (χ0n) is 13.2. The number of ether oxygens (including phenoxy) is 2. The molecule has 2 rings (SSSR count). The van der Waals surface area contributed by atoms with Gasteiger partial charge in [0, 0.05) is 13.1 Å². The molecule has 0 saturated carbocycles. The molecule has 1 saturated heterocycles. The van der Waals surface area contributed by atoms with E-state index in [0.717, 1.165) is 37.6 Å². The Bertz CT molecular complexity index is 544. The molecule has 1 aromatic rings. The fourth-order valence-electron chi connectivity index (χ4n) is 2.10. The monoisotopic (exact) mass is 342 g/mol. The van der Waals surface area contributed by atoms with Gasteiger partial charge in [-0.15, -0.1) is 0 Å². The summed E-state index contributed by atoms with van der Waals surface area (Å²) in [5, 5.41) is 7.57. The van der Waals surface area contributed by atoms with Gasteiger partial charge in [-0.05, 0) is 55.7 Å². The maximum absolute atomic E-state index is 5.86. The van der Waals surface area contributed by atoms with Gasteiger partial charge in [0.2, 0.25) is 0 Å². The van der Waals surface area contributed by atoms with Crippen LogP contribution in [0.4, 0.5) is 0 Å². The van der Waals surface area contributed by atoms with Crippen LogP contribution in [0.5, 0.6) is 5.75 Å². The highest BCUT2D eigenvalue weighted by molar-refractivity contribution is 8.11. The molecule has 8 heteroatoms. The molecule has 0 bridgehead atoms. The molecule has 1 aliphatic heterocycles. The van der Waals surface area contributed by atoms with Gasteiger partial charge in [-0.2, -0.15) is 5.10 Å². The quantitative estimate of drug-likeness (QED) is 0.483. The molecular weight excluding hydrogens is 319 g/mol. The smallest absolute Gasteiger partial charge is 0.182 e. The molecule has 122 valence electrons. The average Bonchev–Trinajstić information content (AvgIpc) is 2.56.